The predicted octanol–water partition coefficient (Wildman–Crippen LogP) is 0.611. The summed E-state index contributed by atoms with van der Waals surface area (Å²) in [7, 11) is 1.84. The van der Waals surface area contributed by atoms with Gasteiger partial charge in [0.25, 0.3) is 0 Å². The fourth-order valence-corrected chi connectivity index (χ4v) is 2.71. The lowest BCUT2D eigenvalue weighted by atomic mass is 10.2. The van der Waals surface area contributed by atoms with E-state index in [-0.39, 0.29) is 12.5 Å². The molecule has 0 atom stereocenters. The van der Waals surface area contributed by atoms with Gasteiger partial charge in [0.15, 0.2) is 5.65 Å². The van der Waals surface area contributed by atoms with Gasteiger partial charge in [0.1, 0.15) is 11.3 Å². The van der Waals surface area contributed by atoms with Crippen LogP contribution in [0.2, 0.25) is 0 Å². The van der Waals surface area contributed by atoms with Crippen LogP contribution in [0.1, 0.15) is 0 Å². The van der Waals surface area contributed by atoms with Crippen molar-refractivity contribution in [2.24, 2.45) is 7.05 Å². The zero-order chi connectivity index (χ0) is 15.8. The lowest BCUT2D eigenvalue weighted by Crippen LogP contribution is -2.50. The largest absolute Gasteiger partial charge is 0.345 e. The van der Waals surface area contributed by atoms with Crippen LogP contribution >= 0.6 is 0 Å². The van der Waals surface area contributed by atoms with E-state index in [2.05, 4.69) is 20.1 Å². The van der Waals surface area contributed by atoms with Crippen LogP contribution < -0.4 is 9.80 Å². The molecule has 0 aromatic carbocycles. The molecule has 3 aromatic rings. The molecule has 8 heteroatoms. The lowest BCUT2D eigenvalue weighted by Gasteiger charge is -2.34. The number of pyridine rings is 1. The van der Waals surface area contributed by atoms with Crippen molar-refractivity contribution in [2.75, 3.05) is 29.4 Å². The first-order chi connectivity index (χ1) is 11.2. The average Bonchev–Trinajstić information content (AvgIpc) is 3.00. The summed E-state index contributed by atoms with van der Waals surface area (Å²) in [4.78, 5) is 29.1. The molecule has 3 aromatic heterocycles. The van der Waals surface area contributed by atoms with Gasteiger partial charge in [-0.05, 0) is 12.1 Å². The van der Waals surface area contributed by atoms with Crippen LogP contribution in [0, 0.1) is 0 Å². The third kappa shape index (κ3) is 2.48. The number of anilines is 2. The van der Waals surface area contributed by atoms with Crippen molar-refractivity contribution in [1.29, 1.82) is 0 Å². The number of hydrogen-bond donors (Lipinski definition) is 0. The van der Waals surface area contributed by atoms with Crippen molar-refractivity contribution in [3.8, 4) is 0 Å². The molecule has 1 saturated heterocycles. The number of rotatable bonds is 2. The van der Waals surface area contributed by atoms with Crippen molar-refractivity contribution in [3.05, 3.63) is 36.9 Å². The summed E-state index contributed by atoms with van der Waals surface area (Å²) in [6.07, 6.45) is 6.80. The third-order valence-corrected chi connectivity index (χ3v) is 3.86. The first-order valence-electron chi connectivity index (χ1n) is 7.32. The number of piperazine rings is 1. The van der Waals surface area contributed by atoms with Crippen molar-refractivity contribution in [3.63, 3.8) is 0 Å². The first-order valence-corrected chi connectivity index (χ1v) is 7.32. The highest BCUT2D eigenvalue weighted by molar-refractivity contribution is 5.97. The molecule has 0 bridgehead atoms. The van der Waals surface area contributed by atoms with Crippen LogP contribution in [0.15, 0.2) is 36.9 Å². The van der Waals surface area contributed by atoms with Crippen LogP contribution in [0.4, 0.5) is 11.5 Å². The van der Waals surface area contributed by atoms with Crippen LogP contribution in [0.25, 0.3) is 11.2 Å². The van der Waals surface area contributed by atoms with E-state index < -0.39 is 0 Å². The second kappa shape index (κ2) is 5.31. The quantitative estimate of drug-likeness (QED) is 0.690. The molecule has 0 spiro atoms. The number of aryl methyl sites for hydroxylation is 1. The molecule has 23 heavy (non-hydrogen) atoms. The molecule has 1 aliphatic rings. The van der Waals surface area contributed by atoms with Gasteiger partial charge in [-0.3, -0.25) is 14.5 Å². The Bertz CT molecular complexity index is 875. The lowest BCUT2D eigenvalue weighted by molar-refractivity contribution is -0.117. The van der Waals surface area contributed by atoms with Gasteiger partial charge in [0.2, 0.25) is 5.91 Å². The van der Waals surface area contributed by atoms with Gasteiger partial charge in [0.05, 0.1) is 18.4 Å². The summed E-state index contributed by atoms with van der Waals surface area (Å²) >= 11 is 0. The highest BCUT2D eigenvalue weighted by atomic mass is 16.2. The Morgan fingerprint density at radius 2 is 2.00 bits per heavy atom. The summed E-state index contributed by atoms with van der Waals surface area (Å²) in [5, 5.41) is 4.12. The number of carbonyl (C=O) groups excluding carboxylic acids is 1. The zero-order valence-corrected chi connectivity index (χ0v) is 12.6. The highest BCUT2D eigenvalue weighted by Gasteiger charge is 2.26. The summed E-state index contributed by atoms with van der Waals surface area (Å²) in [6.45, 7) is 1.60. The van der Waals surface area contributed by atoms with E-state index in [0.29, 0.717) is 18.7 Å². The van der Waals surface area contributed by atoms with Crippen molar-refractivity contribution in [1.82, 2.24) is 24.7 Å². The van der Waals surface area contributed by atoms with E-state index in [1.165, 1.54) is 0 Å². The fraction of sp³-hybridized carbons (Fsp3) is 0.267. The van der Waals surface area contributed by atoms with E-state index in [0.717, 1.165) is 17.0 Å². The van der Waals surface area contributed by atoms with Crippen LogP contribution in [0.5, 0.6) is 0 Å². The summed E-state index contributed by atoms with van der Waals surface area (Å²) in [5.41, 5.74) is 2.16. The number of nitrogens with zero attached hydrogens (tertiary/aromatic N) is 7. The second-order valence-corrected chi connectivity index (χ2v) is 5.41. The van der Waals surface area contributed by atoms with Gasteiger partial charge < -0.3 is 9.80 Å². The van der Waals surface area contributed by atoms with Crippen LogP contribution in [-0.2, 0) is 11.8 Å². The van der Waals surface area contributed by atoms with Crippen molar-refractivity contribution < 1.29 is 4.79 Å². The van der Waals surface area contributed by atoms with Gasteiger partial charge in [-0.15, -0.1) is 0 Å². The van der Waals surface area contributed by atoms with Crippen LogP contribution in [0.3, 0.4) is 0 Å². The first kappa shape index (κ1) is 13.6. The number of fused-ring (bicyclic) bond motifs is 1. The number of aromatic nitrogens is 5. The molecular formula is C15H15N7O. The molecule has 4 rings (SSSR count). The Hall–Kier alpha value is -3.03. The molecular weight excluding hydrogens is 294 g/mol. The molecule has 116 valence electrons. The molecule has 1 amide bonds. The third-order valence-electron chi connectivity index (χ3n) is 3.86. The summed E-state index contributed by atoms with van der Waals surface area (Å²) in [6, 6.07) is 3.76. The second-order valence-electron chi connectivity index (χ2n) is 5.41. The molecule has 1 fully saturated rings. The molecule has 0 saturated carbocycles. The fourth-order valence-electron chi connectivity index (χ4n) is 2.71. The monoisotopic (exact) mass is 309 g/mol. The van der Waals surface area contributed by atoms with Gasteiger partial charge in [-0.2, -0.15) is 5.10 Å². The van der Waals surface area contributed by atoms with Crippen molar-refractivity contribution in [2.45, 2.75) is 0 Å². The molecule has 0 N–H and O–H groups in total. The zero-order valence-electron chi connectivity index (χ0n) is 12.6. The maximum atomic E-state index is 12.4. The molecule has 0 aliphatic carbocycles. The maximum absolute atomic E-state index is 12.4. The maximum Gasteiger partial charge on any atom is 0.246 e. The van der Waals surface area contributed by atoms with E-state index in [1.54, 1.807) is 28.2 Å². The van der Waals surface area contributed by atoms with E-state index in [1.807, 2.05) is 30.3 Å². The molecule has 4 heterocycles. The molecule has 0 unspecified atom stereocenters. The predicted molar refractivity (Wildman–Crippen MR) is 85.1 cm³/mol. The number of carbonyl (C=O) groups is 1. The van der Waals surface area contributed by atoms with Crippen molar-refractivity contribution >= 4 is 28.6 Å². The van der Waals surface area contributed by atoms with Gasteiger partial charge in [0, 0.05) is 38.7 Å². The number of amides is 1. The molecule has 0 radical (unpaired) electrons. The Kier molecular flexibility index (Phi) is 3.14. The van der Waals surface area contributed by atoms with Crippen LogP contribution in [-0.4, -0.2) is 50.3 Å². The SMILES string of the molecule is Cn1cc(N2CCN(c3ccc4nccnc4n3)CC2=O)cn1. The molecule has 1 aliphatic heterocycles. The summed E-state index contributed by atoms with van der Waals surface area (Å²) in [5.74, 6) is 0.780. The van der Waals surface area contributed by atoms with Gasteiger partial charge >= 0.3 is 0 Å². The molecule has 8 nitrogen and oxygen atoms in total. The Morgan fingerprint density at radius 1 is 1.13 bits per heavy atom. The normalized spacial score (nSPS) is 15.4. The summed E-state index contributed by atoms with van der Waals surface area (Å²) < 4.78 is 1.69. The highest BCUT2D eigenvalue weighted by Crippen LogP contribution is 2.20. The minimum Gasteiger partial charge on any atom is -0.345 e. The average molecular weight is 309 g/mol. The minimum absolute atomic E-state index is 0.0327. The number of hydrogen-bond acceptors (Lipinski definition) is 6. The Balaban J connectivity index is 1.56. The van der Waals surface area contributed by atoms with E-state index >= 15 is 0 Å². The van der Waals surface area contributed by atoms with Gasteiger partial charge in [-0.1, -0.05) is 0 Å². The standard InChI is InChI=1S/C15H15N7O/c1-20-9-11(8-18-20)22-7-6-21(10-14(22)23)13-3-2-12-15(19-13)17-5-4-16-12/h2-5,8-9H,6-7,10H2,1H3. The Labute approximate surface area is 132 Å². The van der Waals surface area contributed by atoms with E-state index in [9.17, 15) is 4.79 Å². The smallest absolute Gasteiger partial charge is 0.246 e. The minimum atomic E-state index is 0.0327. The Morgan fingerprint density at radius 3 is 2.78 bits per heavy atom. The van der Waals surface area contributed by atoms with Gasteiger partial charge in [-0.25, -0.2) is 9.97 Å². The topological polar surface area (TPSA) is 80.0 Å². The van der Waals surface area contributed by atoms with E-state index in [4.69, 9.17) is 0 Å².